The van der Waals surface area contributed by atoms with Gasteiger partial charge in [-0.15, -0.1) is 0 Å². The van der Waals surface area contributed by atoms with Crippen LogP contribution >= 0.6 is 0 Å². The first-order valence-electron chi connectivity index (χ1n) is 8.92. The van der Waals surface area contributed by atoms with Gasteiger partial charge in [0.15, 0.2) is 0 Å². The van der Waals surface area contributed by atoms with Crippen LogP contribution in [0.4, 0.5) is 4.39 Å². The molecule has 1 aliphatic heterocycles. The Balaban J connectivity index is 1.68. The van der Waals surface area contributed by atoms with Gasteiger partial charge in [-0.05, 0) is 49.7 Å². The zero-order valence-corrected chi connectivity index (χ0v) is 15.3. The third-order valence-electron chi connectivity index (χ3n) is 4.97. The standard InChI is InChI=1S/C21H20FN3O2/c1-13-14(2)24-19-11-16(5-8-18(19)23-13)21(26)25-9-10-27-12-20(25)15-3-6-17(22)7-4-15/h3-8,11,20H,9-10,12H2,1-2H3. The molecular formula is C21H20FN3O2. The van der Waals surface area contributed by atoms with E-state index in [-0.39, 0.29) is 17.8 Å². The van der Waals surface area contributed by atoms with Gasteiger partial charge in [0.1, 0.15) is 5.82 Å². The number of ether oxygens (including phenoxy) is 1. The Hall–Kier alpha value is -2.86. The Morgan fingerprint density at radius 1 is 1.07 bits per heavy atom. The maximum absolute atomic E-state index is 13.3. The quantitative estimate of drug-likeness (QED) is 0.696. The lowest BCUT2D eigenvalue weighted by Crippen LogP contribution is -2.43. The minimum absolute atomic E-state index is 0.0884. The lowest BCUT2D eigenvalue weighted by atomic mass is 10.0. The number of rotatable bonds is 2. The van der Waals surface area contributed by atoms with E-state index < -0.39 is 0 Å². The number of carbonyl (C=O) groups excluding carboxylic acids is 1. The van der Waals surface area contributed by atoms with E-state index in [1.165, 1.54) is 12.1 Å². The molecular weight excluding hydrogens is 345 g/mol. The zero-order chi connectivity index (χ0) is 19.0. The minimum Gasteiger partial charge on any atom is -0.377 e. The number of morpholine rings is 1. The van der Waals surface area contributed by atoms with Crippen LogP contribution in [0, 0.1) is 19.7 Å². The lowest BCUT2D eigenvalue weighted by Gasteiger charge is -2.36. The number of hydrogen-bond acceptors (Lipinski definition) is 4. The van der Waals surface area contributed by atoms with Crippen molar-refractivity contribution >= 4 is 16.9 Å². The Kier molecular flexibility index (Phi) is 4.58. The van der Waals surface area contributed by atoms with Gasteiger partial charge in [0.2, 0.25) is 0 Å². The Labute approximate surface area is 156 Å². The van der Waals surface area contributed by atoms with Crippen molar-refractivity contribution in [1.82, 2.24) is 14.9 Å². The third kappa shape index (κ3) is 3.40. The average molecular weight is 365 g/mol. The van der Waals surface area contributed by atoms with Crippen LogP contribution in [-0.2, 0) is 4.74 Å². The van der Waals surface area contributed by atoms with Crippen molar-refractivity contribution in [3.05, 3.63) is 70.8 Å². The van der Waals surface area contributed by atoms with Crippen LogP contribution in [0.15, 0.2) is 42.5 Å². The second kappa shape index (κ2) is 7.04. The van der Waals surface area contributed by atoms with E-state index in [2.05, 4.69) is 9.97 Å². The first-order valence-corrected chi connectivity index (χ1v) is 8.92. The first-order chi connectivity index (χ1) is 13.0. The van der Waals surface area contributed by atoms with Crippen LogP contribution in [0.1, 0.15) is 33.4 Å². The summed E-state index contributed by atoms with van der Waals surface area (Å²) in [5.74, 6) is -0.387. The smallest absolute Gasteiger partial charge is 0.254 e. The van der Waals surface area contributed by atoms with Gasteiger partial charge < -0.3 is 9.64 Å². The molecule has 0 bridgehead atoms. The van der Waals surface area contributed by atoms with Gasteiger partial charge in [-0.2, -0.15) is 0 Å². The van der Waals surface area contributed by atoms with Crippen LogP contribution < -0.4 is 0 Å². The molecule has 1 aliphatic rings. The van der Waals surface area contributed by atoms with Crippen LogP contribution in [0.2, 0.25) is 0 Å². The summed E-state index contributed by atoms with van der Waals surface area (Å²) in [6.45, 7) is 5.18. The SMILES string of the molecule is Cc1nc2ccc(C(=O)N3CCOCC3c3ccc(F)cc3)cc2nc1C. The van der Waals surface area contributed by atoms with E-state index in [4.69, 9.17) is 4.74 Å². The Morgan fingerprint density at radius 3 is 2.52 bits per heavy atom. The topological polar surface area (TPSA) is 55.3 Å². The number of aryl methyl sites for hydroxylation is 2. The van der Waals surface area contributed by atoms with Gasteiger partial charge in [-0.3, -0.25) is 4.79 Å². The van der Waals surface area contributed by atoms with E-state index in [9.17, 15) is 9.18 Å². The number of amides is 1. The summed E-state index contributed by atoms with van der Waals surface area (Å²) in [7, 11) is 0. The number of hydrogen-bond donors (Lipinski definition) is 0. The molecule has 3 aromatic rings. The van der Waals surface area contributed by atoms with Crippen LogP contribution in [-0.4, -0.2) is 40.5 Å². The number of halogens is 1. The number of benzene rings is 2. The largest absolute Gasteiger partial charge is 0.377 e. The van der Waals surface area contributed by atoms with Gasteiger partial charge in [0, 0.05) is 12.1 Å². The van der Waals surface area contributed by atoms with E-state index in [0.717, 1.165) is 22.5 Å². The van der Waals surface area contributed by atoms with Gasteiger partial charge >= 0.3 is 0 Å². The van der Waals surface area contributed by atoms with Crippen molar-refractivity contribution < 1.29 is 13.9 Å². The molecule has 1 unspecified atom stereocenters. The third-order valence-corrected chi connectivity index (χ3v) is 4.97. The molecule has 1 saturated heterocycles. The van der Waals surface area contributed by atoms with Crippen molar-refractivity contribution in [2.45, 2.75) is 19.9 Å². The number of nitrogens with zero attached hydrogens (tertiary/aromatic N) is 3. The first kappa shape index (κ1) is 17.5. The summed E-state index contributed by atoms with van der Waals surface area (Å²) >= 11 is 0. The number of aromatic nitrogens is 2. The Morgan fingerprint density at radius 2 is 1.78 bits per heavy atom. The molecule has 1 fully saturated rings. The molecule has 0 aliphatic carbocycles. The van der Waals surface area contributed by atoms with Gasteiger partial charge in [-0.1, -0.05) is 12.1 Å². The molecule has 27 heavy (non-hydrogen) atoms. The van der Waals surface area contributed by atoms with Crippen molar-refractivity contribution in [3.8, 4) is 0 Å². The van der Waals surface area contributed by atoms with Crippen molar-refractivity contribution in [2.24, 2.45) is 0 Å². The summed E-state index contributed by atoms with van der Waals surface area (Å²) in [4.78, 5) is 24.0. The van der Waals surface area contributed by atoms with E-state index >= 15 is 0 Å². The Bertz CT molecular complexity index is 1000. The summed E-state index contributed by atoms with van der Waals surface area (Å²) in [6.07, 6.45) is 0. The van der Waals surface area contributed by atoms with Gasteiger partial charge in [-0.25, -0.2) is 14.4 Å². The number of carbonyl (C=O) groups is 1. The van der Waals surface area contributed by atoms with Crippen molar-refractivity contribution in [1.29, 1.82) is 0 Å². The molecule has 0 radical (unpaired) electrons. The molecule has 0 spiro atoms. The molecule has 1 amide bonds. The highest BCUT2D eigenvalue weighted by atomic mass is 19.1. The maximum atomic E-state index is 13.3. The second-order valence-corrected chi connectivity index (χ2v) is 6.74. The molecule has 1 atom stereocenters. The van der Waals surface area contributed by atoms with E-state index in [1.807, 2.05) is 19.9 Å². The van der Waals surface area contributed by atoms with Crippen LogP contribution in [0.3, 0.4) is 0 Å². The minimum atomic E-state index is -0.299. The molecule has 0 saturated carbocycles. The fourth-order valence-corrected chi connectivity index (χ4v) is 3.34. The highest BCUT2D eigenvalue weighted by Crippen LogP contribution is 2.27. The van der Waals surface area contributed by atoms with Crippen molar-refractivity contribution in [2.75, 3.05) is 19.8 Å². The van der Waals surface area contributed by atoms with E-state index in [1.54, 1.807) is 29.2 Å². The molecule has 2 aromatic carbocycles. The van der Waals surface area contributed by atoms with Gasteiger partial charge in [0.05, 0.1) is 41.7 Å². The van der Waals surface area contributed by atoms with Crippen LogP contribution in [0.25, 0.3) is 11.0 Å². The second-order valence-electron chi connectivity index (χ2n) is 6.74. The molecule has 2 heterocycles. The predicted molar refractivity (Wildman–Crippen MR) is 100 cm³/mol. The monoisotopic (exact) mass is 365 g/mol. The summed E-state index contributed by atoms with van der Waals surface area (Å²) in [6, 6.07) is 11.4. The predicted octanol–water partition coefficient (Wildman–Crippen LogP) is 3.60. The van der Waals surface area contributed by atoms with E-state index in [0.29, 0.717) is 30.8 Å². The summed E-state index contributed by atoms with van der Waals surface area (Å²) < 4.78 is 18.8. The molecule has 138 valence electrons. The molecule has 1 aromatic heterocycles. The fraction of sp³-hybridized carbons (Fsp3) is 0.286. The highest BCUT2D eigenvalue weighted by Gasteiger charge is 2.29. The average Bonchev–Trinajstić information content (AvgIpc) is 2.69. The van der Waals surface area contributed by atoms with Crippen LogP contribution in [0.5, 0.6) is 0 Å². The molecule has 0 N–H and O–H groups in total. The lowest BCUT2D eigenvalue weighted by molar-refractivity contribution is -0.00270. The fourth-order valence-electron chi connectivity index (χ4n) is 3.34. The highest BCUT2D eigenvalue weighted by molar-refractivity contribution is 5.97. The van der Waals surface area contributed by atoms with Crippen molar-refractivity contribution in [3.63, 3.8) is 0 Å². The summed E-state index contributed by atoms with van der Waals surface area (Å²) in [5, 5.41) is 0. The molecule has 5 nitrogen and oxygen atoms in total. The molecule has 6 heteroatoms. The zero-order valence-electron chi connectivity index (χ0n) is 15.3. The van der Waals surface area contributed by atoms with Gasteiger partial charge in [0.25, 0.3) is 5.91 Å². The maximum Gasteiger partial charge on any atom is 0.254 e. The molecule has 4 rings (SSSR count). The normalized spacial score (nSPS) is 17.3. The number of fused-ring (bicyclic) bond motifs is 1. The summed E-state index contributed by atoms with van der Waals surface area (Å²) in [5.41, 5.74) is 4.63.